The lowest BCUT2D eigenvalue weighted by Gasteiger charge is -2.60. The van der Waals surface area contributed by atoms with Gasteiger partial charge in [-0.15, -0.1) is 23.2 Å². The molecule has 0 radical (unpaired) electrons. The molecule has 4 aliphatic heterocycles. The van der Waals surface area contributed by atoms with E-state index < -0.39 is 34.6 Å². The number of ether oxygens (including phenoxy) is 3. The summed E-state index contributed by atoms with van der Waals surface area (Å²) in [6, 6.07) is 3.66. The Bertz CT molecular complexity index is 1200. The zero-order valence-electron chi connectivity index (χ0n) is 26.5. The molecule has 1 aromatic rings. The highest BCUT2D eigenvalue weighted by Crippen LogP contribution is 2.60. The summed E-state index contributed by atoms with van der Waals surface area (Å²) in [4.78, 5) is 38.1. The second-order valence-electron chi connectivity index (χ2n) is 13.4. The van der Waals surface area contributed by atoms with E-state index in [1.165, 1.54) is 12.1 Å². The van der Waals surface area contributed by atoms with Crippen molar-refractivity contribution in [1.82, 2.24) is 4.90 Å². The van der Waals surface area contributed by atoms with E-state index in [9.17, 15) is 14.9 Å². The molecule has 1 spiro atoms. The van der Waals surface area contributed by atoms with Crippen LogP contribution >= 0.6 is 23.2 Å². The van der Waals surface area contributed by atoms with Gasteiger partial charge >= 0.3 is 5.97 Å². The first kappa shape index (κ1) is 34.8. The highest BCUT2D eigenvalue weighted by atomic mass is 35.5. The van der Waals surface area contributed by atoms with Crippen molar-refractivity contribution in [2.45, 2.75) is 102 Å². The molecule has 0 aromatic heterocycles. The van der Waals surface area contributed by atoms with E-state index >= 15 is 0 Å². The molecule has 6 rings (SSSR count). The number of fused-ring (bicyclic) bond motifs is 2. The average Bonchev–Trinajstić information content (AvgIpc) is 3.24. The maximum atomic E-state index is 12.9. The van der Waals surface area contributed by atoms with Crippen LogP contribution in [0.15, 0.2) is 18.2 Å². The van der Waals surface area contributed by atoms with Crippen LogP contribution in [0.3, 0.4) is 0 Å². The van der Waals surface area contributed by atoms with Crippen molar-refractivity contribution in [3.05, 3.63) is 39.4 Å². The Hall–Kier alpha value is -1.57. The molecular formula is C32H47Cl2N3O8. The summed E-state index contributed by atoms with van der Waals surface area (Å²) in [7, 11) is 0. The third-order valence-corrected chi connectivity index (χ3v) is 10.8. The number of carbonyl (C=O) groups is 1. The molecule has 11 nitrogen and oxygen atoms in total. The average molecular weight is 673 g/mol. The number of nitro benzene ring substituents is 1. The van der Waals surface area contributed by atoms with Gasteiger partial charge in [-0.1, -0.05) is 19.9 Å². The van der Waals surface area contributed by atoms with Gasteiger partial charge in [-0.25, -0.2) is 9.78 Å². The number of non-ortho nitro benzene ring substituents is 1. The topological polar surface area (TPSA) is 136 Å². The fourth-order valence-electron chi connectivity index (χ4n) is 8.01. The number of alkyl halides is 2. The molecule has 4 saturated heterocycles. The highest BCUT2D eigenvalue weighted by molar-refractivity contribution is 6.18. The van der Waals surface area contributed by atoms with Crippen LogP contribution in [0.1, 0.15) is 70.4 Å². The summed E-state index contributed by atoms with van der Waals surface area (Å²) >= 11 is 11.9. The van der Waals surface area contributed by atoms with Gasteiger partial charge < -0.3 is 19.9 Å². The van der Waals surface area contributed by atoms with E-state index in [1.54, 1.807) is 6.07 Å². The molecule has 1 aromatic carbocycles. The van der Waals surface area contributed by atoms with Crippen molar-refractivity contribution in [1.29, 1.82) is 0 Å². The number of nitrogens with zero attached hydrogens (tertiary/aromatic N) is 2. The number of rotatable bonds is 14. The SMILES string of the molecule is C[C@H]1[C@@H](CCCOC(=O)[C@@H](N)Cc2cc([N+](=O)[O-])ccc2CN(CCCl)CCCl)O[C@@H]2OC3(C)CCC4[C@H](C)CC[C@@H]1C42OO3. The summed E-state index contributed by atoms with van der Waals surface area (Å²) in [6.45, 7) is 8.32. The zero-order valence-corrected chi connectivity index (χ0v) is 28.0. The van der Waals surface area contributed by atoms with E-state index in [0.29, 0.717) is 61.6 Å². The van der Waals surface area contributed by atoms with Gasteiger partial charge in [0.15, 0.2) is 11.9 Å². The molecule has 5 fully saturated rings. The number of hydrogen-bond acceptors (Lipinski definition) is 10. The molecule has 45 heavy (non-hydrogen) atoms. The molecule has 13 heteroatoms. The molecule has 0 amide bonds. The number of esters is 1. The maximum absolute atomic E-state index is 12.9. The van der Waals surface area contributed by atoms with E-state index in [4.69, 9.17) is 52.9 Å². The summed E-state index contributed by atoms with van der Waals surface area (Å²) in [5.74, 6) is 0.753. The van der Waals surface area contributed by atoms with E-state index in [0.717, 1.165) is 31.2 Å². The van der Waals surface area contributed by atoms with Gasteiger partial charge in [-0.05, 0) is 74.3 Å². The normalized spacial score (nSPS) is 34.6. The van der Waals surface area contributed by atoms with Gasteiger partial charge in [0.1, 0.15) is 6.04 Å². The Morgan fingerprint density at radius 2 is 1.91 bits per heavy atom. The lowest BCUT2D eigenvalue weighted by molar-refractivity contribution is -0.571. The fraction of sp³-hybridized carbons (Fsp3) is 0.781. The lowest BCUT2D eigenvalue weighted by Crippen LogP contribution is -2.70. The van der Waals surface area contributed by atoms with Gasteiger partial charge in [0, 0.05) is 55.9 Å². The quantitative estimate of drug-likeness (QED) is 0.0691. The molecule has 252 valence electrons. The van der Waals surface area contributed by atoms with E-state index in [-0.39, 0.29) is 36.7 Å². The third kappa shape index (κ3) is 7.31. The van der Waals surface area contributed by atoms with Crippen molar-refractivity contribution in [3.8, 4) is 0 Å². The molecule has 1 aliphatic carbocycles. The monoisotopic (exact) mass is 671 g/mol. The molecule has 5 aliphatic rings. The maximum Gasteiger partial charge on any atom is 0.323 e. The van der Waals surface area contributed by atoms with Crippen molar-refractivity contribution in [2.24, 2.45) is 29.4 Å². The van der Waals surface area contributed by atoms with Gasteiger partial charge in [0.25, 0.3) is 5.69 Å². The standard InChI is InChI=1S/C32H47Cl2N3O8/c1-20-6-9-26-21(2)28(42-30-32(26)25(20)10-11-31(3,43-30)44-45-32)5-4-16-41-29(38)27(35)18-23-17-24(37(39)40)8-7-22(23)19-36(14-12-33)15-13-34/h7-8,17,20-21,25-28,30H,4-6,9-16,18-19,35H2,1-3H3/t20-,21-,25?,26+,27+,28-,30-,31?,32?/m1/s1. The van der Waals surface area contributed by atoms with Gasteiger partial charge in [-0.2, -0.15) is 0 Å². The Morgan fingerprint density at radius 1 is 1.16 bits per heavy atom. The van der Waals surface area contributed by atoms with Crippen molar-refractivity contribution >= 4 is 34.9 Å². The van der Waals surface area contributed by atoms with Crippen molar-refractivity contribution in [3.63, 3.8) is 0 Å². The van der Waals surface area contributed by atoms with E-state index in [2.05, 4.69) is 18.7 Å². The van der Waals surface area contributed by atoms with Crippen LogP contribution in [0, 0.1) is 33.8 Å². The minimum absolute atomic E-state index is 0.0606. The number of nitro groups is 1. The molecule has 3 unspecified atom stereocenters. The summed E-state index contributed by atoms with van der Waals surface area (Å²) in [5, 5.41) is 11.5. The van der Waals surface area contributed by atoms with Crippen molar-refractivity contribution in [2.75, 3.05) is 31.5 Å². The zero-order chi connectivity index (χ0) is 32.4. The minimum atomic E-state index is -0.973. The van der Waals surface area contributed by atoms with Crippen LogP contribution in [-0.2, 0) is 41.7 Å². The highest BCUT2D eigenvalue weighted by Gasteiger charge is 2.69. The summed E-state index contributed by atoms with van der Waals surface area (Å²) in [5.41, 5.74) is 7.07. The Balaban J connectivity index is 1.17. The first-order valence-corrected chi connectivity index (χ1v) is 17.3. The van der Waals surface area contributed by atoms with E-state index in [1.807, 2.05) is 6.92 Å². The molecular weight excluding hydrogens is 625 g/mol. The Kier molecular flexibility index (Phi) is 11.3. The predicted octanol–water partition coefficient (Wildman–Crippen LogP) is 5.32. The second kappa shape index (κ2) is 14.7. The Labute approximate surface area is 275 Å². The molecule has 1 saturated carbocycles. The van der Waals surface area contributed by atoms with Crippen LogP contribution < -0.4 is 5.73 Å². The third-order valence-electron chi connectivity index (χ3n) is 10.5. The lowest BCUT2D eigenvalue weighted by atomic mass is 9.57. The fourth-order valence-corrected chi connectivity index (χ4v) is 8.49. The van der Waals surface area contributed by atoms with Crippen molar-refractivity contribution < 1.29 is 33.7 Å². The van der Waals surface area contributed by atoms with Crippen LogP contribution in [0.5, 0.6) is 0 Å². The van der Waals surface area contributed by atoms with Gasteiger partial charge in [-0.3, -0.25) is 19.8 Å². The predicted molar refractivity (Wildman–Crippen MR) is 169 cm³/mol. The number of benzene rings is 1. The van der Waals surface area contributed by atoms with Gasteiger partial charge in [0.05, 0.1) is 17.6 Å². The van der Waals surface area contributed by atoms with Crippen LogP contribution in [0.2, 0.25) is 0 Å². The summed E-state index contributed by atoms with van der Waals surface area (Å²) in [6.07, 6.45) is 4.75. The minimum Gasteiger partial charge on any atom is -0.465 e. The smallest absolute Gasteiger partial charge is 0.323 e. The molecule has 9 atom stereocenters. The number of nitrogens with two attached hydrogens (primary N) is 1. The Morgan fingerprint density at radius 3 is 2.62 bits per heavy atom. The molecule has 2 bridgehead atoms. The van der Waals surface area contributed by atoms with Crippen LogP contribution in [-0.4, -0.2) is 77.1 Å². The second-order valence-corrected chi connectivity index (χ2v) is 14.2. The number of halogens is 2. The number of carbonyl (C=O) groups excluding carboxylic acids is 1. The van der Waals surface area contributed by atoms with Gasteiger partial charge in [0.2, 0.25) is 5.79 Å². The molecule has 2 N–H and O–H groups in total. The summed E-state index contributed by atoms with van der Waals surface area (Å²) < 4.78 is 18.7. The van der Waals surface area contributed by atoms with Crippen LogP contribution in [0.4, 0.5) is 5.69 Å². The van der Waals surface area contributed by atoms with Crippen LogP contribution in [0.25, 0.3) is 0 Å². The first-order valence-electron chi connectivity index (χ1n) is 16.2. The number of hydrogen-bond donors (Lipinski definition) is 1. The first-order chi connectivity index (χ1) is 21.5. The largest absolute Gasteiger partial charge is 0.465 e. The molecule has 4 heterocycles.